The maximum atomic E-state index is 12.8. The number of hydrogen-bond acceptors (Lipinski definition) is 3. The van der Waals surface area contributed by atoms with Crippen LogP contribution in [0.25, 0.3) is 0 Å². The average Bonchev–Trinajstić information content (AvgIpc) is 3.23. The van der Waals surface area contributed by atoms with Crippen molar-refractivity contribution in [1.82, 2.24) is 14.7 Å². The Bertz CT molecular complexity index is 955. The third kappa shape index (κ3) is 4.80. The summed E-state index contributed by atoms with van der Waals surface area (Å²) in [4.78, 5) is 43.1. The zero-order valence-electron chi connectivity index (χ0n) is 17.4. The van der Waals surface area contributed by atoms with Crippen LogP contribution >= 0.6 is 23.2 Å². The molecule has 8 heteroatoms. The Labute approximate surface area is 192 Å². The second kappa shape index (κ2) is 8.67. The second-order valence-corrected chi connectivity index (χ2v) is 9.79. The predicted molar refractivity (Wildman–Crippen MR) is 120 cm³/mol. The van der Waals surface area contributed by atoms with E-state index < -0.39 is 4.87 Å². The molecule has 31 heavy (non-hydrogen) atoms. The molecule has 2 unspecified atom stereocenters. The first-order chi connectivity index (χ1) is 14.7. The lowest BCUT2D eigenvalue weighted by molar-refractivity contribution is -0.145. The van der Waals surface area contributed by atoms with Crippen LogP contribution in [0.15, 0.2) is 48.1 Å². The molecule has 164 valence electrons. The van der Waals surface area contributed by atoms with Crippen molar-refractivity contribution < 1.29 is 14.4 Å². The van der Waals surface area contributed by atoms with E-state index in [1.54, 1.807) is 40.1 Å². The maximum Gasteiger partial charge on any atom is 0.254 e. The Balaban J connectivity index is 1.33. The highest BCUT2D eigenvalue weighted by Gasteiger charge is 2.37. The molecule has 3 amide bonds. The van der Waals surface area contributed by atoms with Gasteiger partial charge in [0.15, 0.2) is 0 Å². The van der Waals surface area contributed by atoms with Gasteiger partial charge in [0.25, 0.3) is 11.8 Å². The van der Waals surface area contributed by atoms with Gasteiger partial charge in [0.05, 0.1) is 10.9 Å². The van der Waals surface area contributed by atoms with Crippen LogP contribution in [-0.2, 0) is 9.59 Å². The zero-order chi connectivity index (χ0) is 22.2. The Morgan fingerprint density at radius 1 is 1.06 bits per heavy atom. The summed E-state index contributed by atoms with van der Waals surface area (Å²) in [6, 6.07) is 6.81. The molecule has 0 bridgehead atoms. The quantitative estimate of drug-likeness (QED) is 0.649. The molecule has 0 saturated carbocycles. The van der Waals surface area contributed by atoms with Gasteiger partial charge in [-0.15, -0.1) is 11.6 Å². The van der Waals surface area contributed by atoms with Gasteiger partial charge in [-0.25, -0.2) is 0 Å². The summed E-state index contributed by atoms with van der Waals surface area (Å²) in [6.07, 6.45) is 6.72. The van der Waals surface area contributed by atoms with Crippen LogP contribution in [0.1, 0.15) is 30.1 Å². The summed E-state index contributed by atoms with van der Waals surface area (Å²) >= 11 is 12.2. The number of carbonyl (C=O) groups is 3. The number of likely N-dealkylation sites (tertiary alicyclic amines) is 1. The largest absolute Gasteiger partial charge is 0.337 e. The maximum absolute atomic E-state index is 12.8. The van der Waals surface area contributed by atoms with Crippen LogP contribution in [0.3, 0.4) is 0 Å². The van der Waals surface area contributed by atoms with Crippen LogP contribution in [-0.4, -0.2) is 76.1 Å². The molecule has 0 spiro atoms. The van der Waals surface area contributed by atoms with Crippen molar-refractivity contribution in [2.24, 2.45) is 0 Å². The minimum absolute atomic E-state index is 0.0215. The van der Waals surface area contributed by atoms with Crippen molar-refractivity contribution in [2.75, 3.05) is 32.7 Å². The molecule has 2 fully saturated rings. The fourth-order valence-electron chi connectivity index (χ4n) is 4.25. The van der Waals surface area contributed by atoms with E-state index in [0.29, 0.717) is 48.8 Å². The van der Waals surface area contributed by atoms with E-state index in [-0.39, 0.29) is 30.3 Å². The van der Waals surface area contributed by atoms with Gasteiger partial charge in [-0.1, -0.05) is 29.8 Å². The highest BCUT2D eigenvalue weighted by Crippen LogP contribution is 2.28. The average molecular weight is 462 g/mol. The van der Waals surface area contributed by atoms with Crippen LogP contribution < -0.4 is 0 Å². The molecule has 6 nitrogen and oxygen atoms in total. The molecule has 4 rings (SSSR count). The third-order valence-electron chi connectivity index (χ3n) is 6.11. The Kier molecular flexibility index (Phi) is 6.13. The molecule has 1 aliphatic carbocycles. The molecule has 2 heterocycles. The molecule has 0 aromatic heterocycles. The van der Waals surface area contributed by atoms with E-state index in [4.69, 9.17) is 23.2 Å². The fraction of sp³-hybridized carbons (Fsp3) is 0.435. The summed E-state index contributed by atoms with van der Waals surface area (Å²) < 4.78 is 0. The topological polar surface area (TPSA) is 60.9 Å². The summed E-state index contributed by atoms with van der Waals surface area (Å²) in [7, 11) is 0. The number of rotatable bonds is 3. The van der Waals surface area contributed by atoms with E-state index >= 15 is 0 Å². The highest BCUT2D eigenvalue weighted by atomic mass is 35.5. The van der Waals surface area contributed by atoms with Crippen molar-refractivity contribution >= 4 is 40.9 Å². The lowest BCUT2D eigenvalue weighted by atomic mass is 9.97. The van der Waals surface area contributed by atoms with E-state index in [1.165, 1.54) is 0 Å². The van der Waals surface area contributed by atoms with Gasteiger partial charge in [0.2, 0.25) is 5.91 Å². The molecule has 3 aliphatic rings. The van der Waals surface area contributed by atoms with Crippen LogP contribution in [0.4, 0.5) is 0 Å². The number of halogens is 2. The lowest BCUT2D eigenvalue weighted by Gasteiger charge is -2.38. The lowest BCUT2D eigenvalue weighted by Crippen LogP contribution is -2.56. The summed E-state index contributed by atoms with van der Waals surface area (Å²) in [5.41, 5.74) is 1.17. The number of piperazine rings is 1. The van der Waals surface area contributed by atoms with Crippen molar-refractivity contribution in [1.29, 1.82) is 0 Å². The molecule has 1 aromatic carbocycles. The van der Waals surface area contributed by atoms with Crippen molar-refractivity contribution in [3.8, 4) is 0 Å². The molecule has 1 aromatic rings. The number of amides is 3. The molecule has 0 N–H and O–H groups in total. The van der Waals surface area contributed by atoms with E-state index in [1.807, 2.05) is 24.0 Å². The van der Waals surface area contributed by atoms with Crippen LogP contribution in [0.2, 0.25) is 5.02 Å². The first-order valence-corrected chi connectivity index (χ1v) is 11.2. The number of benzene rings is 1. The number of hydrogen-bond donors (Lipinski definition) is 0. The minimum atomic E-state index is -0.462. The summed E-state index contributed by atoms with van der Waals surface area (Å²) in [6.45, 7) is 4.02. The molecule has 2 atom stereocenters. The molecular formula is C23H25Cl2N3O3. The Hall–Kier alpha value is -2.31. The summed E-state index contributed by atoms with van der Waals surface area (Å²) in [5.74, 6) is -0.266. The van der Waals surface area contributed by atoms with Crippen LogP contribution in [0, 0.1) is 0 Å². The Morgan fingerprint density at radius 2 is 1.81 bits per heavy atom. The standard InChI is InChI=1S/C23H25Cl2N3O3/c1-23(25)9-6-17(7-10-23)22(31)27-12-13-28(20(29)15-27)19-8-11-26(14-19)21(30)16-2-4-18(24)5-3-16/h2-7,9,19H,8,10-15H2,1H3. The number of allylic oxidation sites excluding steroid dienone is 2. The first-order valence-electron chi connectivity index (χ1n) is 10.5. The van der Waals surface area contributed by atoms with Crippen molar-refractivity contribution in [2.45, 2.75) is 30.7 Å². The van der Waals surface area contributed by atoms with Gasteiger partial charge in [0.1, 0.15) is 6.54 Å². The smallest absolute Gasteiger partial charge is 0.254 e. The van der Waals surface area contributed by atoms with Crippen molar-refractivity contribution in [3.63, 3.8) is 0 Å². The van der Waals surface area contributed by atoms with Gasteiger partial charge in [-0.3, -0.25) is 14.4 Å². The van der Waals surface area contributed by atoms with E-state index in [0.717, 1.165) is 6.42 Å². The van der Waals surface area contributed by atoms with E-state index in [2.05, 4.69) is 0 Å². The van der Waals surface area contributed by atoms with Gasteiger partial charge in [-0.2, -0.15) is 0 Å². The Morgan fingerprint density at radius 3 is 2.45 bits per heavy atom. The predicted octanol–water partition coefficient (Wildman–Crippen LogP) is 3.11. The minimum Gasteiger partial charge on any atom is -0.337 e. The SMILES string of the molecule is CC1(Cl)C=CC(C(=O)N2CCN(C3CCN(C(=O)c4ccc(Cl)cc4)C3)C(=O)C2)=CC1. The zero-order valence-corrected chi connectivity index (χ0v) is 18.9. The third-order valence-corrected chi connectivity index (χ3v) is 6.64. The molecule has 2 aliphatic heterocycles. The van der Waals surface area contributed by atoms with Gasteiger partial charge in [0, 0.05) is 42.3 Å². The van der Waals surface area contributed by atoms with E-state index in [9.17, 15) is 14.4 Å². The number of carbonyl (C=O) groups excluding carboxylic acids is 3. The second-order valence-electron chi connectivity index (χ2n) is 8.49. The highest BCUT2D eigenvalue weighted by molar-refractivity contribution is 6.30. The monoisotopic (exact) mass is 461 g/mol. The number of nitrogens with zero attached hydrogens (tertiary/aromatic N) is 3. The van der Waals surface area contributed by atoms with Gasteiger partial charge in [-0.05, 0) is 44.0 Å². The molecule has 2 saturated heterocycles. The summed E-state index contributed by atoms with van der Waals surface area (Å²) in [5, 5.41) is 0.588. The normalized spacial score (nSPS) is 26.3. The van der Waals surface area contributed by atoms with Crippen LogP contribution in [0.5, 0.6) is 0 Å². The molecular weight excluding hydrogens is 437 g/mol. The molecule has 0 radical (unpaired) electrons. The number of alkyl halides is 1. The van der Waals surface area contributed by atoms with Crippen molar-refractivity contribution in [3.05, 3.63) is 58.7 Å². The van der Waals surface area contributed by atoms with Gasteiger partial charge < -0.3 is 14.7 Å². The fourth-order valence-corrected chi connectivity index (χ4v) is 4.52. The van der Waals surface area contributed by atoms with Gasteiger partial charge >= 0.3 is 0 Å². The first kappa shape index (κ1) is 21.9.